The summed E-state index contributed by atoms with van der Waals surface area (Å²) in [5, 5.41) is 12.3. The molecular formula is C23H27N3O5S. The van der Waals surface area contributed by atoms with Crippen LogP contribution in [-0.4, -0.2) is 36.1 Å². The van der Waals surface area contributed by atoms with Gasteiger partial charge in [-0.25, -0.2) is 9.59 Å². The van der Waals surface area contributed by atoms with Crippen molar-refractivity contribution in [2.24, 2.45) is 0 Å². The third-order valence-electron chi connectivity index (χ3n) is 5.06. The van der Waals surface area contributed by atoms with Crippen molar-refractivity contribution < 1.29 is 23.9 Å². The summed E-state index contributed by atoms with van der Waals surface area (Å²) in [4.78, 5) is 37.5. The van der Waals surface area contributed by atoms with Crippen LogP contribution in [0.25, 0.3) is 6.08 Å². The fourth-order valence-corrected chi connectivity index (χ4v) is 4.33. The lowest BCUT2D eigenvalue weighted by Gasteiger charge is -2.08. The Hall–Kier alpha value is -3.38. The molecule has 2 aromatic heterocycles. The van der Waals surface area contributed by atoms with E-state index >= 15 is 0 Å². The molecule has 2 rings (SSSR count). The number of nitrogens with one attached hydrogen (secondary N) is 1. The zero-order chi connectivity index (χ0) is 24.0. The van der Waals surface area contributed by atoms with Gasteiger partial charge < -0.3 is 19.4 Å². The van der Waals surface area contributed by atoms with Gasteiger partial charge in [0, 0.05) is 22.8 Å². The molecule has 170 valence electrons. The number of esters is 2. The summed E-state index contributed by atoms with van der Waals surface area (Å²) in [5.74, 6) is -2.08. The van der Waals surface area contributed by atoms with Crippen LogP contribution in [0.3, 0.4) is 0 Å². The predicted octanol–water partition coefficient (Wildman–Crippen LogP) is 4.07. The van der Waals surface area contributed by atoms with E-state index in [9.17, 15) is 19.6 Å². The Kier molecular flexibility index (Phi) is 8.38. The van der Waals surface area contributed by atoms with E-state index in [0.29, 0.717) is 10.6 Å². The minimum absolute atomic E-state index is 0.201. The molecule has 0 aliphatic carbocycles. The first-order chi connectivity index (χ1) is 15.1. The summed E-state index contributed by atoms with van der Waals surface area (Å²) >= 11 is 1.23. The molecule has 0 unspecified atom stereocenters. The number of anilines is 1. The molecule has 0 fully saturated rings. The normalized spacial score (nSPS) is 11.1. The molecule has 0 radical (unpaired) electrons. The van der Waals surface area contributed by atoms with Gasteiger partial charge in [-0.1, -0.05) is 6.92 Å². The van der Waals surface area contributed by atoms with Gasteiger partial charge in [-0.15, -0.1) is 11.3 Å². The van der Waals surface area contributed by atoms with Gasteiger partial charge in [0.15, 0.2) is 6.61 Å². The molecule has 9 heteroatoms. The second kappa shape index (κ2) is 10.8. The molecule has 0 aromatic carbocycles. The molecule has 0 atom stereocenters. The lowest BCUT2D eigenvalue weighted by molar-refractivity contribution is -0.142. The zero-order valence-electron chi connectivity index (χ0n) is 19.1. The first-order valence-corrected chi connectivity index (χ1v) is 10.9. The summed E-state index contributed by atoms with van der Waals surface area (Å²) in [7, 11) is 1.26. The van der Waals surface area contributed by atoms with E-state index in [2.05, 4.69) is 16.8 Å². The maximum atomic E-state index is 12.4. The van der Waals surface area contributed by atoms with E-state index in [4.69, 9.17) is 9.47 Å². The van der Waals surface area contributed by atoms with E-state index in [1.165, 1.54) is 24.5 Å². The molecule has 2 heterocycles. The third kappa shape index (κ3) is 5.45. The largest absolute Gasteiger partial charge is 0.465 e. The second-order valence-electron chi connectivity index (χ2n) is 7.25. The number of amides is 1. The molecule has 1 N–H and O–H groups in total. The molecule has 0 saturated carbocycles. The van der Waals surface area contributed by atoms with Crippen molar-refractivity contribution in [3.63, 3.8) is 0 Å². The molecule has 0 bridgehead atoms. The van der Waals surface area contributed by atoms with Gasteiger partial charge in [0.1, 0.15) is 16.6 Å². The van der Waals surface area contributed by atoms with E-state index in [1.54, 1.807) is 6.92 Å². The SMILES string of the molecule is CCCn1c(C)cc(/C=C(/C#N)C(=O)OCC(=O)Nc2sc(C)c(C)c2C(=O)OC)c1C. The summed E-state index contributed by atoms with van der Waals surface area (Å²) in [6, 6.07) is 3.74. The highest BCUT2D eigenvalue weighted by Gasteiger charge is 2.22. The van der Waals surface area contributed by atoms with Gasteiger partial charge >= 0.3 is 11.9 Å². The van der Waals surface area contributed by atoms with Gasteiger partial charge in [0.25, 0.3) is 5.91 Å². The van der Waals surface area contributed by atoms with Crippen LogP contribution >= 0.6 is 11.3 Å². The van der Waals surface area contributed by atoms with Crippen LogP contribution in [0.4, 0.5) is 5.00 Å². The number of nitrogens with zero attached hydrogens (tertiary/aromatic N) is 2. The van der Waals surface area contributed by atoms with Crippen molar-refractivity contribution in [2.75, 3.05) is 19.0 Å². The monoisotopic (exact) mass is 457 g/mol. The Morgan fingerprint density at radius 1 is 1.25 bits per heavy atom. The van der Waals surface area contributed by atoms with Crippen LogP contribution in [0, 0.1) is 39.0 Å². The number of carbonyl (C=O) groups is 3. The molecule has 32 heavy (non-hydrogen) atoms. The molecule has 0 aliphatic rings. The highest BCUT2D eigenvalue weighted by molar-refractivity contribution is 7.16. The maximum Gasteiger partial charge on any atom is 0.349 e. The lowest BCUT2D eigenvalue weighted by Crippen LogP contribution is -2.22. The predicted molar refractivity (Wildman–Crippen MR) is 123 cm³/mol. The fraction of sp³-hybridized carbons (Fsp3) is 0.391. The van der Waals surface area contributed by atoms with Gasteiger partial charge in [-0.05, 0) is 57.4 Å². The average Bonchev–Trinajstić information content (AvgIpc) is 3.19. The summed E-state index contributed by atoms with van der Waals surface area (Å²) in [6.07, 6.45) is 2.43. The Balaban J connectivity index is 2.10. The number of methoxy groups -OCH3 is 1. The number of thiophene rings is 1. The smallest absolute Gasteiger partial charge is 0.349 e. The fourth-order valence-electron chi connectivity index (χ4n) is 3.27. The first kappa shape index (κ1) is 24.9. The molecule has 0 spiro atoms. The van der Waals surface area contributed by atoms with Crippen molar-refractivity contribution in [1.82, 2.24) is 4.57 Å². The van der Waals surface area contributed by atoms with Crippen molar-refractivity contribution in [2.45, 2.75) is 47.6 Å². The van der Waals surface area contributed by atoms with E-state index < -0.39 is 24.5 Å². The topological polar surface area (TPSA) is 110 Å². The quantitative estimate of drug-likeness (QED) is 0.363. The Labute approximate surface area is 191 Å². The minimum Gasteiger partial charge on any atom is -0.465 e. The number of ether oxygens (including phenoxy) is 2. The van der Waals surface area contributed by atoms with Crippen molar-refractivity contribution in [3.8, 4) is 6.07 Å². The molecule has 0 saturated heterocycles. The van der Waals surface area contributed by atoms with E-state index in [1.807, 2.05) is 32.9 Å². The van der Waals surface area contributed by atoms with Crippen LogP contribution < -0.4 is 5.32 Å². The number of aromatic nitrogens is 1. The van der Waals surface area contributed by atoms with Crippen molar-refractivity contribution >= 4 is 40.3 Å². The van der Waals surface area contributed by atoms with Crippen LogP contribution in [0.5, 0.6) is 0 Å². The Morgan fingerprint density at radius 3 is 2.53 bits per heavy atom. The van der Waals surface area contributed by atoms with E-state index in [-0.39, 0.29) is 11.1 Å². The molecular weight excluding hydrogens is 430 g/mol. The standard InChI is InChI=1S/C23H27N3O5S/c1-7-8-26-13(2)9-17(15(26)4)10-18(11-24)22(28)31-12-19(27)25-21-20(23(29)30-6)14(3)16(5)32-21/h9-10H,7-8,12H2,1-6H3,(H,25,27)/b18-10-. The lowest BCUT2D eigenvalue weighted by atomic mass is 10.1. The zero-order valence-corrected chi connectivity index (χ0v) is 19.9. The highest BCUT2D eigenvalue weighted by atomic mass is 32.1. The van der Waals surface area contributed by atoms with Crippen LogP contribution in [0.1, 0.15) is 51.1 Å². The molecule has 0 aliphatic heterocycles. The Bertz CT molecular complexity index is 1120. The maximum absolute atomic E-state index is 12.4. The average molecular weight is 458 g/mol. The minimum atomic E-state index is -0.894. The van der Waals surface area contributed by atoms with Gasteiger partial charge in [-0.2, -0.15) is 5.26 Å². The molecule has 8 nitrogen and oxygen atoms in total. The number of hydrogen-bond acceptors (Lipinski definition) is 7. The van der Waals surface area contributed by atoms with Crippen LogP contribution in [-0.2, 0) is 25.6 Å². The summed E-state index contributed by atoms with van der Waals surface area (Å²) < 4.78 is 11.9. The highest BCUT2D eigenvalue weighted by Crippen LogP contribution is 2.32. The van der Waals surface area contributed by atoms with Gasteiger partial charge in [0.05, 0.1) is 12.7 Å². The summed E-state index contributed by atoms with van der Waals surface area (Å²) in [5.41, 5.74) is 3.51. The number of aryl methyl sites for hydroxylation is 2. The second-order valence-corrected chi connectivity index (χ2v) is 8.48. The molecule has 2 aromatic rings. The van der Waals surface area contributed by atoms with Gasteiger partial charge in [0.2, 0.25) is 0 Å². The van der Waals surface area contributed by atoms with Crippen LogP contribution in [0.2, 0.25) is 0 Å². The van der Waals surface area contributed by atoms with Crippen molar-refractivity contribution in [3.05, 3.63) is 44.6 Å². The molecule has 1 amide bonds. The third-order valence-corrected chi connectivity index (χ3v) is 6.19. The Morgan fingerprint density at radius 2 is 1.94 bits per heavy atom. The number of hydrogen-bond donors (Lipinski definition) is 1. The number of carbonyl (C=O) groups excluding carboxylic acids is 3. The first-order valence-electron chi connectivity index (χ1n) is 10.1. The summed E-state index contributed by atoms with van der Waals surface area (Å²) in [6.45, 7) is 9.79. The van der Waals surface area contributed by atoms with Crippen LogP contribution in [0.15, 0.2) is 11.6 Å². The number of nitriles is 1. The van der Waals surface area contributed by atoms with E-state index in [0.717, 1.165) is 34.8 Å². The van der Waals surface area contributed by atoms with Gasteiger partial charge in [-0.3, -0.25) is 4.79 Å². The number of rotatable bonds is 8. The van der Waals surface area contributed by atoms with Crippen molar-refractivity contribution in [1.29, 1.82) is 5.26 Å².